The number of likely N-dealkylation sites (tertiary alicyclic amines) is 1. The first kappa shape index (κ1) is 18.9. The van der Waals surface area contributed by atoms with E-state index < -0.39 is 0 Å². The van der Waals surface area contributed by atoms with Crippen LogP contribution in [0.4, 0.5) is 10.5 Å². The molecule has 1 aliphatic heterocycles. The summed E-state index contributed by atoms with van der Waals surface area (Å²) in [6.07, 6.45) is 7.55. The molecule has 2 aromatic rings. The van der Waals surface area contributed by atoms with Gasteiger partial charge >= 0.3 is 6.03 Å². The number of hydrogen-bond donors (Lipinski definition) is 2. The highest BCUT2D eigenvalue weighted by Crippen LogP contribution is 2.20. The number of pyridine rings is 1. The monoisotopic (exact) mass is 366 g/mol. The Balaban J connectivity index is 1.48. The molecule has 1 aromatic heterocycles. The Morgan fingerprint density at radius 3 is 2.70 bits per heavy atom. The molecule has 1 unspecified atom stereocenters. The Kier molecular flexibility index (Phi) is 6.41. The molecule has 2 heterocycles. The average Bonchev–Trinajstić information content (AvgIpc) is 2.69. The van der Waals surface area contributed by atoms with E-state index in [0.717, 1.165) is 31.4 Å². The largest absolute Gasteiger partial charge is 0.338 e. The van der Waals surface area contributed by atoms with Gasteiger partial charge in [-0.05, 0) is 68.5 Å². The van der Waals surface area contributed by atoms with E-state index in [0.29, 0.717) is 17.8 Å². The second-order valence-corrected chi connectivity index (χ2v) is 6.91. The van der Waals surface area contributed by atoms with Gasteiger partial charge in [0.2, 0.25) is 0 Å². The fraction of sp³-hybridized carbons (Fsp3) is 0.381. The van der Waals surface area contributed by atoms with Gasteiger partial charge in [-0.2, -0.15) is 0 Å². The summed E-state index contributed by atoms with van der Waals surface area (Å²) in [7, 11) is 0. The molecule has 0 bridgehead atoms. The number of urea groups is 1. The second kappa shape index (κ2) is 9.16. The van der Waals surface area contributed by atoms with Crippen LogP contribution in [-0.2, 0) is 6.42 Å². The Labute approximate surface area is 160 Å². The van der Waals surface area contributed by atoms with E-state index in [9.17, 15) is 9.59 Å². The smallest absolute Gasteiger partial charge is 0.319 e. The van der Waals surface area contributed by atoms with Crippen molar-refractivity contribution in [2.75, 3.05) is 18.4 Å². The molecule has 0 radical (unpaired) electrons. The predicted octanol–water partition coefficient (Wildman–Crippen LogP) is 3.46. The van der Waals surface area contributed by atoms with Crippen molar-refractivity contribution >= 4 is 17.6 Å². The van der Waals surface area contributed by atoms with Crippen LogP contribution >= 0.6 is 0 Å². The maximum atomic E-state index is 12.6. The summed E-state index contributed by atoms with van der Waals surface area (Å²) in [5, 5.41) is 5.61. The molecule has 0 saturated carbocycles. The summed E-state index contributed by atoms with van der Waals surface area (Å²) < 4.78 is 0. The van der Waals surface area contributed by atoms with Crippen LogP contribution in [0.1, 0.15) is 42.1 Å². The maximum absolute atomic E-state index is 12.6. The quantitative estimate of drug-likeness (QED) is 0.851. The fourth-order valence-electron chi connectivity index (χ4n) is 3.30. The lowest BCUT2D eigenvalue weighted by molar-refractivity contribution is 0.0635. The van der Waals surface area contributed by atoms with Gasteiger partial charge in [0.25, 0.3) is 5.91 Å². The molecule has 27 heavy (non-hydrogen) atoms. The number of amides is 3. The minimum Gasteiger partial charge on any atom is -0.338 e. The minimum absolute atomic E-state index is 0.0645. The average molecular weight is 366 g/mol. The highest BCUT2D eigenvalue weighted by atomic mass is 16.2. The molecule has 142 valence electrons. The Bertz CT molecular complexity index is 762. The van der Waals surface area contributed by atoms with E-state index in [4.69, 9.17) is 0 Å². The normalized spacial score (nSPS) is 16.6. The van der Waals surface area contributed by atoms with E-state index in [1.54, 1.807) is 36.7 Å². The second-order valence-electron chi connectivity index (χ2n) is 6.91. The lowest BCUT2D eigenvalue weighted by Crippen LogP contribution is -2.42. The van der Waals surface area contributed by atoms with E-state index in [2.05, 4.69) is 22.5 Å². The van der Waals surface area contributed by atoms with Crippen molar-refractivity contribution in [3.8, 4) is 0 Å². The molecule has 1 atom stereocenters. The number of carbonyl (C=O) groups excluding carboxylic acids is 2. The first-order valence-corrected chi connectivity index (χ1v) is 9.48. The van der Waals surface area contributed by atoms with Crippen molar-refractivity contribution < 1.29 is 9.59 Å². The highest BCUT2D eigenvalue weighted by Gasteiger charge is 2.24. The zero-order valence-corrected chi connectivity index (χ0v) is 15.6. The van der Waals surface area contributed by atoms with Crippen LogP contribution < -0.4 is 10.6 Å². The zero-order chi connectivity index (χ0) is 19.1. The number of aromatic nitrogens is 1. The third kappa shape index (κ3) is 5.29. The van der Waals surface area contributed by atoms with Gasteiger partial charge in [0, 0.05) is 42.8 Å². The first-order chi connectivity index (χ1) is 13.1. The van der Waals surface area contributed by atoms with Crippen molar-refractivity contribution in [1.29, 1.82) is 0 Å². The fourth-order valence-corrected chi connectivity index (χ4v) is 3.30. The summed E-state index contributed by atoms with van der Waals surface area (Å²) in [5.74, 6) is 0.0645. The van der Waals surface area contributed by atoms with Gasteiger partial charge in [-0.25, -0.2) is 4.79 Å². The molecule has 2 N–H and O–H groups in total. The van der Waals surface area contributed by atoms with Gasteiger partial charge < -0.3 is 15.5 Å². The lowest BCUT2D eigenvalue weighted by atomic mass is 10.0. The molecule has 0 aliphatic carbocycles. The Hall–Kier alpha value is -2.89. The highest BCUT2D eigenvalue weighted by molar-refractivity contribution is 5.95. The van der Waals surface area contributed by atoms with Gasteiger partial charge in [-0.3, -0.25) is 9.78 Å². The van der Waals surface area contributed by atoms with Crippen LogP contribution in [0.3, 0.4) is 0 Å². The molecule has 1 aromatic carbocycles. The van der Waals surface area contributed by atoms with Gasteiger partial charge in [-0.1, -0.05) is 6.07 Å². The maximum Gasteiger partial charge on any atom is 0.319 e. The van der Waals surface area contributed by atoms with Crippen molar-refractivity contribution in [1.82, 2.24) is 15.2 Å². The zero-order valence-electron chi connectivity index (χ0n) is 15.6. The Morgan fingerprint density at radius 1 is 1.19 bits per heavy atom. The van der Waals surface area contributed by atoms with Crippen molar-refractivity contribution in [3.63, 3.8) is 0 Å². The van der Waals surface area contributed by atoms with Crippen molar-refractivity contribution in [2.45, 2.75) is 38.6 Å². The Morgan fingerprint density at radius 2 is 2.00 bits per heavy atom. The van der Waals surface area contributed by atoms with Crippen molar-refractivity contribution in [3.05, 3.63) is 59.9 Å². The standard InChI is InChI=1S/C21H26N4O2/c1-16-5-2-3-14-25(16)20(26)18-7-9-19(10-8-18)24-21(27)23-13-11-17-6-4-12-22-15-17/h4,6-10,12,15-16H,2-3,5,11,13-14H2,1H3,(H2,23,24,27). The van der Waals surface area contributed by atoms with E-state index >= 15 is 0 Å². The van der Waals surface area contributed by atoms with Crippen LogP contribution in [0.15, 0.2) is 48.8 Å². The molecular formula is C21H26N4O2. The number of nitrogens with zero attached hydrogens (tertiary/aromatic N) is 2. The number of rotatable bonds is 5. The number of hydrogen-bond acceptors (Lipinski definition) is 3. The SMILES string of the molecule is CC1CCCCN1C(=O)c1ccc(NC(=O)NCCc2cccnc2)cc1. The molecule has 3 amide bonds. The third-order valence-corrected chi connectivity index (χ3v) is 4.88. The van der Waals surface area contributed by atoms with Gasteiger partial charge in [0.15, 0.2) is 0 Å². The van der Waals surface area contributed by atoms with Gasteiger partial charge in [0.1, 0.15) is 0 Å². The third-order valence-electron chi connectivity index (χ3n) is 4.88. The number of piperidine rings is 1. The summed E-state index contributed by atoms with van der Waals surface area (Å²) in [6.45, 7) is 3.45. The molecule has 0 spiro atoms. The van der Waals surface area contributed by atoms with Gasteiger partial charge in [0.05, 0.1) is 0 Å². The molecule has 1 fully saturated rings. The molecule has 3 rings (SSSR count). The molecular weight excluding hydrogens is 340 g/mol. The summed E-state index contributed by atoms with van der Waals surface area (Å²) in [5.41, 5.74) is 2.40. The van der Waals surface area contributed by atoms with Crippen LogP contribution in [0.2, 0.25) is 0 Å². The summed E-state index contributed by atoms with van der Waals surface area (Å²) in [6, 6.07) is 11.0. The molecule has 1 saturated heterocycles. The number of nitrogens with one attached hydrogen (secondary N) is 2. The number of benzene rings is 1. The van der Waals surface area contributed by atoms with E-state index in [-0.39, 0.29) is 18.0 Å². The number of anilines is 1. The summed E-state index contributed by atoms with van der Waals surface area (Å²) >= 11 is 0. The summed E-state index contributed by atoms with van der Waals surface area (Å²) in [4.78, 5) is 30.6. The molecule has 1 aliphatic rings. The minimum atomic E-state index is -0.261. The predicted molar refractivity (Wildman–Crippen MR) is 106 cm³/mol. The van der Waals surface area contributed by atoms with E-state index in [1.807, 2.05) is 17.0 Å². The molecule has 6 heteroatoms. The number of carbonyl (C=O) groups is 2. The van der Waals surface area contributed by atoms with Crippen LogP contribution in [0, 0.1) is 0 Å². The van der Waals surface area contributed by atoms with E-state index in [1.165, 1.54) is 6.42 Å². The van der Waals surface area contributed by atoms with Gasteiger partial charge in [-0.15, -0.1) is 0 Å². The van der Waals surface area contributed by atoms with Crippen LogP contribution in [0.5, 0.6) is 0 Å². The topological polar surface area (TPSA) is 74.3 Å². The van der Waals surface area contributed by atoms with Crippen LogP contribution in [-0.4, -0.2) is 41.0 Å². The van der Waals surface area contributed by atoms with Crippen LogP contribution in [0.25, 0.3) is 0 Å². The van der Waals surface area contributed by atoms with Crippen molar-refractivity contribution in [2.24, 2.45) is 0 Å². The first-order valence-electron chi connectivity index (χ1n) is 9.48. The molecule has 6 nitrogen and oxygen atoms in total. The lowest BCUT2D eigenvalue weighted by Gasteiger charge is -2.33.